The van der Waals surface area contributed by atoms with E-state index in [0.29, 0.717) is 0 Å². The number of nitrogen functional groups attached to an aromatic ring is 1. The second-order valence-electron chi connectivity index (χ2n) is 3.29. The molecule has 0 aliphatic heterocycles. The van der Waals surface area contributed by atoms with Gasteiger partial charge in [0.05, 0.1) is 6.61 Å². The van der Waals surface area contributed by atoms with Gasteiger partial charge in [-0.1, -0.05) is 0 Å². The summed E-state index contributed by atoms with van der Waals surface area (Å²) in [6, 6.07) is 0. The number of aryl methyl sites for hydroxylation is 1. The van der Waals surface area contributed by atoms with Crippen LogP contribution < -0.4 is 5.73 Å². The van der Waals surface area contributed by atoms with E-state index in [0.717, 1.165) is 0 Å². The third-order valence-electron chi connectivity index (χ3n) is 2.03. The number of aliphatic hydroxyl groups excluding tert-OH is 2. The van der Waals surface area contributed by atoms with Gasteiger partial charge in [-0.25, -0.2) is 4.79 Å². The van der Waals surface area contributed by atoms with Crippen molar-refractivity contribution in [2.45, 2.75) is 19.1 Å². The van der Waals surface area contributed by atoms with Gasteiger partial charge in [0.1, 0.15) is 6.10 Å². The number of nitrogens with two attached hydrogens (primary N) is 1. The number of ether oxygens (including phenoxy) is 1. The highest BCUT2D eigenvalue weighted by molar-refractivity contribution is 5.75. The fraction of sp³-hybridized carbons (Fsp3) is 0.556. The number of hydrogen-bond acceptors (Lipinski definition) is 6. The Hall–Kier alpha value is -1.60. The third kappa shape index (κ3) is 2.50. The van der Waals surface area contributed by atoms with Gasteiger partial charge in [0.2, 0.25) is 0 Å². The number of aliphatic hydroxyl groups is 2. The molecule has 1 rings (SSSR count). The number of anilines is 1. The Labute approximate surface area is 92.4 Å². The molecule has 7 nitrogen and oxygen atoms in total. The molecule has 1 aromatic heterocycles. The van der Waals surface area contributed by atoms with Crippen molar-refractivity contribution >= 4 is 11.8 Å². The van der Waals surface area contributed by atoms with Crippen molar-refractivity contribution in [1.29, 1.82) is 0 Å². The van der Waals surface area contributed by atoms with Crippen LogP contribution >= 0.6 is 0 Å². The Kier molecular flexibility index (Phi) is 3.86. The lowest BCUT2D eigenvalue weighted by atomic mass is 10.1. The van der Waals surface area contributed by atoms with E-state index in [4.69, 9.17) is 5.73 Å². The first-order valence-electron chi connectivity index (χ1n) is 4.79. The predicted molar refractivity (Wildman–Crippen MR) is 55.2 cm³/mol. The Bertz CT molecular complexity index is 377. The van der Waals surface area contributed by atoms with Gasteiger partial charge < -0.3 is 20.7 Å². The minimum absolute atomic E-state index is 0.0679. The predicted octanol–water partition coefficient (Wildman–Crippen LogP) is -1.04. The van der Waals surface area contributed by atoms with Crippen molar-refractivity contribution in [2.24, 2.45) is 7.05 Å². The van der Waals surface area contributed by atoms with Crippen molar-refractivity contribution < 1.29 is 19.7 Å². The molecule has 0 aliphatic rings. The zero-order chi connectivity index (χ0) is 12.3. The van der Waals surface area contributed by atoms with Gasteiger partial charge in [-0.3, -0.25) is 4.68 Å². The standard InChI is InChI=1S/C9H15N3O4/c1-3-16-9(15)7(14)6(13)5-4-12(2)11-8(5)10/h4,6-7,13-14H,3H2,1-2H3,(H2,10,11). The second kappa shape index (κ2) is 4.95. The summed E-state index contributed by atoms with van der Waals surface area (Å²) < 4.78 is 5.96. The van der Waals surface area contributed by atoms with Crippen molar-refractivity contribution in [3.05, 3.63) is 11.8 Å². The van der Waals surface area contributed by atoms with Crippen molar-refractivity contribution in [1.82, 2.24) is 9.78 Å². The van der Waals surface area contributed by atoms with Gasteiger partial charge in [0.15, 0.2) is 11.9 Å². The Balaban J connectivity index is 2.81. The van der Waals surface area contributed by atoms with Gasteiger partial charge in [0, 0.05) is 18.8 Å². The largest absolute Gasteiger partial charge is 0.464 e. The number of esters is 1. The lowest BCUT2D eigenvalue weighted by Crippen LogP contribution is -2.30. The van der Waals surface area contributed by atoms with Crippen LogP contribution in [0.15, 0.2) is 6.20 Å². The minimum Gasteiger partial charge on any atom is -0.464 e. The summed E-state index contributed by atoms with van der Waals surface area (Å²) in [5.74, 6) is -0.823. The third-order valence-corrected chi connectivity index (χ3v) is 2.03. The Morgan fingerprint density at radius 2 is 2.31 bits per heavy atom. The number of carbonyl (C=O) groups excluding carboxylic acids is 1. The molecular formula is C9H15N3O4. The van der Waals surface area contributed by atoms with Crippen molar-refractivity contribution in [3.8, 4) is 0 Å². The molecule has 0 bridgehead atoms. The number of hydrogen-bond donors (Lipinski definition) is 3. The molecule has 2 atom stereocenters. The van der Waals surface area contributed by atoms with Gasteiger partial charge in [-0.2, -0.15) is 5.10 Å². The van der Waals surface area contributed by atoms with E-state index in [9.17, 15) is 15.0 Å². The molecule has 0 aliphatic carbocycles. The summed E-state index contributed by atoms with van der Waals surface area (Å²) in [7, 11) is 1.61. The smallest absolute Gasteiger partial charge is 0.338 e. The summed E-state index contributed by atoms with van der Waals surface area (Å²) in [5.41, 5.74) is 5.70. The van der Waals surface area contributed by atoms with E-state index < -0.39 is 18.2 Å². The lowest BCUT2D eigenvalue weighted by molar-refractivity contribution is -0.159. The minimum atomic E-state index is -1.66. The molecule has 90 valence electrons. The van der Waals surface area contributed by atoms with Crippen LogP contribution in [0.3, 0.4) is 0 Å². The van der Waals surface area contributed by atoms with Gasteiger partial charge in [-0.05, 0) is 6.92 Å². The molecule has 0 radical (unpaired) electrons. The monoisotopic (exact) mass is 229 g/mol. The molecule has 0 amide bonds. The maximum atomic E-state index is 11.2. The van der Waals surface area contributed by atoms with Crippen LogP contribution in [0.5, 0.6) is 0 Å². The molecule has 0 fully saturated rings. The van der Waals surface area contributed by atoms with Gasteiger partial charge in [-0.15, -0.1) is 0 Å². The number of nitrogens with zero attached hydrogens (tertiary/aromatic N) is 2. The van der Waals surface area contributed by atoms with Crippen molar-refractivity contribution in [2.75, 3.05) is 12.3 Å². The van der Waals surface area contributed by atoms with Crippen LogP contribution in [0.2, 0.25) is 0 Å². The molecule has 1 heterocycles. The number of carbonyl (C=O) groups is 1. The Morgan fingerprint density at radius 3 is 2.75 bits per heavy atom. The summed E-state index contributed by atoms with van der Waals surface area (Å²) in [4.78, 5) is 11.2. The van der Waals surface area contributed by atoms with Crippen LogP contribution in [0.25, 0.3) is 0 Å². The maximum Gasteiger partial charge on any atom is 0.338 e. The summed E-state index contributed by atoms with van der Waals surface area (Å²) in [6.45, 7) is 1.74. The first kappa shape index (κ1) is 12.5. The molecular weight excluding hydrogens is 214 g/mol. The van der Waals surface area contributed by atoms with Crippen LogP contribution in [0.1, 0.15) is 18.6 Å². The molecule has 7 heteroatoms. The number of aromatic nitrogens is 2. The van der Waals surface area contributed by atoms with Gasteiger partial charge >= 0.3 is 5.97 Å². The number of rotatable bonds is 4. The van der Waals surface area contributed by atoms with Crippen LogP contribution in [0, 0.1) is 0 Å². The summed E-state index contributed by atoms with van der Waals surface area (Å²) in [5, 5.41) is 23.0. The van der Waals surface area contributed by atoms with Gasteiger partial charge in [0.25, 0.3) is 0 Å². The van der Waals surface area contributed by atoms with E-state index >= 15 is 0 Å². The molecule has 4 N–H and O–H groups in total. The van der Waals surface area contributed by atoms with Crippen LogP contribution in [-0.4, -0.2) is 38.7 Å². The zero-order valence-electron chi connectivity index (χ0n) is 9.12. The quantitative estimate of drug-likeness (QED) is 0.569. The molecule has 0 saturated carbocycles. The topological polar surface area (TPSA) is 111 Å². The average molecular weight is 229 g/mol. The average Bonchev–Trinajstić information content (AvgIpc) is 2.56. The lowest BCUT2D eigenvalue weighted by Gasteiger charge is -2.15. The molecule has 16 heavy (non-hydrogen) atoms. The maximum absolute atomic E-state index is 11.2. The molecule has 0 saturated heterocycles. The Morgan fingerprint density at radius 1 is 1.69 bits per heavy atom. The highest BCUT2D eigenvalue weighted by Gasteiger charge is 2.29. The van der Waals surface area contributed by atoms with Crippen LogP contribution in [0.4, 0.5) is 5.82 Å². The fourth-order valence-electron chi connectivity index (χ4n) is 1.28. The molecule has 0 spiro atoms. The highest BCUT2D eigenvalue weighted by atomic mass is 16.5. The first-order chi connectivity index (χ1) is 7.47. The highest BCUT2D eigenvalue weighted by Crippen LogP contribution is 2.22. The van der Waals surface area contributed by atoms with E-state index in [1.807, 2.05) is 0 Å². The summed E-state index contributed by atoms with van der Waals surface area (Å²) in [6.07, 6.45) is -1.66. The van der Waals surface area contributed by atoms with E-state index in [1.165, 1.54) is 10.9 Å². The SMILES string of the molecule is CCOC(=O)C(O)C(O)c1cn(C)nc1N. The van der Waals surface area contributed by atoms with Crippen molar-refractivity contribution in [3.63, 3.8) is 0 Å². The summed E-state index contributed by atoms with van der Waals surface area (Å²) >= 11 is 0. The zero-order valence-corrected chi connectivity index (χ0v) is 9.12. The second-order valence-corrected chi connectivity index (χ2v) is 3.29. The van der Waals surface area contributed by atoms with Crippen LogP contribution in [-0.2, 0) is 16.6 Å². The first-order valence-corrected chi connectivity index (χ1v) is 4.79. The molecule has 0 aromatic carbocycles. The van der Waals surface area contributed by atoms with E-state index in [2.05, 4.69) is 9.84 Å². The van der Waals surface area contributed by atoms with E-state index in [-0.39, 0.29) is 18.0 Å². The molecule has 2 unspecified atom stereocenters. The normalized spacial score (nSPS) is 14.5. The van der Waals surface area contributed by atoms with E-state index in [1.54, 1.807) is 14.0 Å². The fourth-order valence-corrected chi connectivity index (χ4v) is 1.28. The molecule has 1 aromatic rings.